The Kier molecular flexibility index (Phi) is 13.9. The molecule has 0 aromatic heterocycles. The first-order valence-corrected chi connectivity index (χ1v) is 14.3. The van der Waals surface area contributed by atoms with E-state index in [9.17, 15) is 4.89 Å². The van der Waals surface area contributed by atoms with Crippen LogP contribution >= 0.6 is 6.83 Å². The summed E-state index contributed by atoms with van der Waals surface area (Å²) in [4.78, 5) is 10.2. The molecule has 0 unspecified atom stereocenters. The predicted octanol–water partition coefficient (Wildman–Crippen LogP) is 7.60. The van der Waals surface area contributed by atoms with Gasteiger partial charge in [0, 0.05) is 0 Å². The van der Waals surface area contributed by atoms with Crippen LogP contribution in [0.15, 0.2) is 0 Å². The molecule has 0 fully saturated rings. The molecule has 0 saturated carbocycles. The molecule has 0 aromatic rings. The monoisotopic (exact) mass is 346 g/mol. The Hall–Kier alpha value is 0.390. The van der Waals surface area contributed by atoms with Gasteiger partial charge in [-0.2, -0.15) is 0 Å². The first kappa shape index (κ1) is 23.4. The Morgan fingerprint density at radius 2 is 0.739 bits per heavy atom. The molecule has 0 heterocycles. The van der Waals surface area contributed by atoms with Crippen molar-refractivity contribution in [2.24, 2.45) is 0 Å². The average Bonchev–Trinajstić information content (AvgIpc) is 2.45. The van der Waals surface area contributed by atoms with Crippen molar-refractivity contribution < 1.29 is 4.89 Å². The Labute approximate surface area is 148 Å². The molecule has 0 atom stereocenters. The van der Waals surface area contributed by atoms with E-state index >= 15 is 0 Å². The Bertz CT molecular complexity index is 245. The zero-order valence-electron chi connectivity index (χ0n) is 16.9. The van der Waals surface area contributed by atoms with E-state index in [1.807, 2.05) is 0 Å². The summed E-state index contributed by atoms with van der Waals surface area (Å²) in [5.41, 5.74) is 0. The van der Waals surface area contributed by atoms with Crippen LogP contribution in [-0.2, 0) is 0 Å². The molecule has 0 aliphatic rings. The van der Waals surface area contributed by atoms with E-state index in [2.05, 4.69) is 26.9 Å². The molecular formula is C21H47OP. The van der Waals surface area contributed by atoms with Crippen molar-refractivity contribution in [3.8, 4) is 0 Å². The van der Waals surface area contributed by atoms with E-state index in [0.717, 1.165) is 6.16 Å². The maximum atomic E-state index is 10.2. The molecule has 0 saturated heterocycles. The van der Waals surface area contributed by atoms with Gasteiger partial charge in [0.2, 0.25) is 0 Å². The topological polar surface area (TPSA) is 20.2 Å². The average molecular weight is 347 g/mol. The Balaban J connectivity index is 3.08. The van der Waals surface area contributed by atoms with Gasteiger partial charge in [-0.15, -0.1) is 0 Å². The van der Waals surface area contributed by atoms with Gasteiger partial charge >= 0.3 is 109 Å². The van der Waals surface area contributed by atoms with Gasteiger partial charge in [0.1, 0.15) is 0 Å². The number of hydrogen-bond donors (Lipinski definition) is 1. The van der Waals surface area contributed by atoms with Crippen molar-refractivity contribution in [1.29, 1.82) is 0 Å². The first-order valence-electron chi connectivity index (χ1n) is 10.6. The number of hydrogen-bond acceptors (Lipinski definition) is 1. The van der Waals surface area contributed by atoms with Crippen LogP contribution < -0.4 is 0 Å². The van der Waals surface area contributed by atoms with Gasteiger partial charge in [0.05, 0.1) is 0 Å². The van der Waals surface area contributed by atoms with E-state index in [4.69, 9.17) is 0 Å². The summed E-state index contributed by atoms with van der Waals surface area (Å²) < 4.78 is 0. The molecule has 0 aromatic carbocycles. The van der Waals surface area contributed by atoms with Gasteiger partial charge in [-0.05, 0) is 0 Å². The van der Waals surface area contributed by atoms with Gasteiger partial charge in [-0.3, -0.25) is 0 Å². The minimum atomic E-state index is -2.22. The molecule has 0 aliphatic heterocycles. The third-order valence-corrected chi connectivity index (χ3v) is 6.64. The van der Waals surface area contributed by atoms with Crippen LogP contribution in [0, 0.1) is 0 Å². The first-order chi connectivity index (χ1) is 10.8. The van der Waals surface area contributed by atoms with Gasteiger partial charge in [-0.1, -0.05) is 39.0 Å². The summed E-state index contributed by atoms with van der Waals surface area (Å²) in [7, 11) is 0. The fraction of sp³-hybridized carbons (Fsp3) is 1.00. The van der Waals surface area contributed by atoms with E-state index in [-0.39, 0.29) is 0 Å². The molecule has 142 valence electrons. The van der Waals surface area contributed by atoms with Crippen molar-refractivity contribution in [3.63, 3.8) is 0 Å². The summed E-state index contributed by atoms with van der Waals surface area (Å²) in [6.45, 7) is 6.27. The number of rotatable bonds is 17. The molecule has 1 nitrogen and oxygen atoms in total. The van der Waals surface area contributed by atoms with Crippen LogP contribution in [-0.4, -0.2) is 31.0 Å². The summed E-state index contributed by atoms with van der Waals surface area (Å²) in [6.07, 6.45) is 23.6. The van der Waals surface area contributed by atoms with E-state index in [1.54, 1.807) is 0 Å². The van der Waals surface area contributed by atoms with E-state index < -0.39 is 6.83 Å². The summed E-state index contributed by atoms with van der Waals surface area (Å²) in [5.74, 6) is 0. The zero-order valence-corrected chi connectivity index (χ0v) is 17.8. The second-order valence-corrected chi connectivity index (χ2v) is 15.6. The van der Waals surface area contributed by atoms with Crippen molar-refractivity contribution >= 4 is 6.83 Å². The molecule has 23 heavy (non-hydrogen) atoms. The van der Waals surface area contributed by atoms with Gasteiger partial charge in [0.25, 0.3) is 0 Å². The third-order valence-electron chi connectivity index (χ3n) is 4.78. The molecule has 0 rings (SSSR count). The van der Waals surface area contributed by atoms with Crippen molar-refractivity contribution in [3.05, 3.63) is 0 Å². The van der Waals surface area contributed by atoms with Crippen molar-refractivity contribution in [2.75, 3.05) is 26.2 Å². The van der Waals surface area contributed by atoms with E-state index in [1.165, 1.54) is 103 Å². The summed E-state index contributed by atoms with van der Waals surface area (Å²) in [5, 5.41) is 0. The van der Waals surface area contributed by atoms with Gasteiger partial charge < -0.3 is 0 Å². The Morgan fingerprint density at radius 1 is 0.478 bits per heavy atom. The fourth-order valence-electron chi connectivity index (χ4n) is 3.20. The molecule has 0 radical (unpaired) electrons. The van der Waals surface area contributed by atoms with Crippen LogP contribution in [0.25, 0.3) is 0 Å². The SMILES string of the molecule is CCCCCCCCCCCCCCCCCCP(C)(C)(C)O. The van der Waals surface area contributed by atoms with Crippen LogP contribution in [0.5, 0.6) is 0 Å². The maximum absolute atomic E-state index is 10.2. The second kappa shape index (κ2) is 13.7. The predicted molar refractivity (Wildman–Crippen MR) is 111 cm³/mol. The van der Waals surface area contributed by atoms with Gasteiger partial charge in [0.15, 0.2) is 0 Å². The fourth-order valence-corrected chi connectivity index (χ4v) is 4.52. The molecule has 0 spiro atoms. The van der Waals surface area contributed by atoms with Crippen LogP contribution in [0.1, 0.15) is 110 Å². The summed E-state index contributed by atoms with van der Waals surface area (Å²) >= 11 is 0. The van der Waals surface area contributed by atoms with Crippen LogP contribution in [0.2, 0.25) is 0 Å². The molecular weight excluding hydrogens is 299 g/mol. The minimum absolute atomic E-state index is 1.05. The normalized spacial score (nSPS) is 13.9. The number of unbranched alkanes of at least 4 members (excludes halogenated alkanes) is 15. The summed E-state index contributed by atoms with van der Waals surface area (Å²) in [6, 6.07) is 0. The molecule has 0 aliphatic carbocycles. The van der Waals surface area contributed by atoms with Crippen molar-refractivity contribution in [1.82, 2.24) is 0 Å². The molecule has 0 amide bonds. The third kappa shape index (κ3) is 22.4. The van der Waals surface area contributed by atoms with Crippen LogP contribution in [0.4, 0.5) is 0 Å². The molecule has 1 N–H and O–H groups in total. The van der Waals surface area contributed by atoms with Crippen LogP contribution in [0.3, 0.4) is 0 Å². The van der Waals surface area contributed by atoms with Gasteiger partial charge in [-0.25, -0.2) is 0 Å². The zero-order chi connectivity index (χ0) is 17.5. The second-order valence-electron chi connectivity index (χ2n) is 9.06. The Morgan fingerprint density at radius 3 is 1.00 bits per heavy atom. The van der Waals surface area contributed by atoms with Crippen molar-refractivity contribution in [2.45, 2.75) is 110 Å². The quantitative estimate of drug-likeness (QED) is 0.212. The molecule has 2 heteroatoms. The standard InChI is InChI=1S/C21H47OP/c1-5-6-7-8-9-10-11-12-13-14-15-16-17-18-19-20-21-23(2,3,4)22/h22H,5-21H2,1-4H3. The molecule has 0 bridgehead atoms. The van der Waals surface area contributed by atoms with E-state index in [0.29, 0.717) is 0 Å².